The molecule has 2 atom stereocenters. The number of hydrogen-bond acceptors (Lipinski definition) is 2. The predicted octanol–water partition coefficient (Wildman–Crippen LogP) is 0.818. The SMILES string of the molecule is CC1CN(C2CCC2)CC1N. The highest BCUT2D eigenvalue weighted by Gasteiger charge is 2.33. The van der Waals surface area contributed by atoms with Gasteiger partial charge in [0.15, 0.2) is 0 Å². The molecule has 2 N–H and O–H groups in total. The molecule has 1 aliphatic carbocycles. The maximum absolute atomic E-state index is 5.94. The van der Waals surface area contributed by atoms with Crippen molar-refractivity contribution in [2.75, 3.05) is 13.1 Å². The second-order valence-electron chi connectivity index (χ2n) is 4.18. The quantitative estimate of drug-likeness (QED) is 0.606. The van der Waals surface area contributed by atoms with E-state index in [0.29, 0.717) is 6.04 Å². The standard InChI is InChI=1S/C9H18N2/c1-7-5-11(6-9(7)10)8-3-2-4-8/h7-9H,2-6,10H2,1H3. The fraction of sp³-hybridized carbons (Fsp3) is 1.00. The zero-order valence-electron chi connectivity index (χ0n) is 7.29. The minimum atomic E-state index is 0.440. The zero-order valence-corrected chi connectivity index (χ0v) is 7.29. The lowest BCUT2D eigenvalue weighted by Gasteiger charge is -2.34. The van der Waals surface area contributed by atoms with Gasteiger partial charge in [0.2, 0.25) is 0 Å². The average molecular weight is 154 g/mol. The van der Waals surface area contributed by atoms with Gasteiger partial charge >= 0.3 is 0 Å². The van der Waals surface area contributed by atoms with Gasteiger partial charge in [-0.15, -0.1) is 0 Å². The van der Waals surface area contributed by atoms with Gasteiger partial charge in [-0.25, -0.2) is 0 Å². The molecule has 2 nitrogen and oxygen atoms in total. The van der Waals surface area contributed by atoms with Crippen molar-refractivity contribution in [2.45, 2.75) is 38.3 Å². The summed E-state index contributed by atoms with van der Waals surface area (Å²) in [4.78, 5) is 2.58. The Kier molecular flexibility index (Phi) is 1.90. The molecule has 0 spiro atoms. The molecule has 11 heavy (non-hydrogen) atoms. The number of nitrogens with two attached hydrogens (primary N) is 1. The molecule has 0 amide bonds. The summed E-state index contributed by atoms with van der Waals surface area (Å²) in [6, 6.07) is 1.33. The largest absolute Gasteiger partial charge is 0.326 e. The van der Waals surface area contributed by atoms with Crippen LogP contribution >= 0.6 is 0 Å². The van der Waals surface area contributed by atoms with E-state index in [0.717, 1.165) is 18.5 Å². The summed E-state index contributed by atoms with van der Waals surface area (Å²) in [5, 5.41) is 0. The number of hydrogen-bond donors (Lipinski definition) is 1. The first-order valence-electron chi connectivity index (χ1n) is 4.77. The molecule has 0 aromatic rings. The Hall–Kier alpha value is -0.0800. The van der Waals surface area contributed by atoms with Gasteiger partial charge in [0.1, 0.15) is 0 Å². The summed E-state index contributed by atoms with van der Waals surface area (Å²) in [7, 11) is 0. The second-order valence-corrected chi connectivity index (χ2v) is 4.18. The smallest absolute Gasteiger partial charge is 0.0206 e. The van der Waals surface area contributed by atoms with Gasteiger partial charge < -0.3 is 5.73 Å². The summed E-state index contributed by atoms with van der Waals surface area (Å²) in [5.74, 6) is 0.718. The molecule has 1 saturated heterocycles. The van der Waals surface area contributed by atoms with E-state index >= 15 is 0 Å². The maximum Gasteiger partial charge on any atom is 0.0206 e. The van der Waals surface area contributed by atoms with E-state index in [9.17, 15) is 0 Å². The van der Waals surface area contributed by atoms with Crippen molar-refractivity contribution < 1.29 is 0 Å². The molecule has 2 fully saturated rings. The molecular weight excluding hydrogens is 136 g/mol. The van der Waals surface area contributed by atoms with Crippen LogP contribution in [0.5, 0.6) is 0 Å². The Morgan fingerprint density at radius 1 is 1.27 bits per heavy atom. The van der Waals surface area contributed by atoms with Gasteiger partial charge in [-0.1, -0.05) is 13.3 Å². The number of nitrogens with zero attached hydrogens (tertiary/aromatic N) is 1. The van der Waals surface area contributed by atoms with E-state index in [1.165, 1.54) is 25.8 Å². The van der Waals surface area contributed by atoms with Crippen LogP contribution in [0.1, 0.15) is 26.2 Å². The van der Waals surface area contributed by atoms with E-state index in [1.54, 1.807) is 0 Å². The molecule has 2 rings (SSSR count). The fourth-order valence-electron chi connectivity index (χ4n) is 2.08. The zero-order chi connectivity index (χ0) is 7.84. The van der Waals surface area contributed by atoms with Crippen molar-refractivity contribution in [1.29, 1.82) is 0 Å². The van der Waals surface area contributed by atoms with Crippen LogP contribution in [0.25, 0.3) is 0 Å². The van der Waals surface area contributed by atoms with Gasteiger partial charge in [0.05, 0.1) is 0 Å². The minimum Gasteiger partial charge on any atom is -0.326 e. The molecule has 1 heterocycles. The maximum atomic E-state index is 5.94. The first-order valence-corrected chi connectivity index (χ1v) is 4.77. The average Bonchev–Trinajstić information content (AvgIpc) is 2.08. The fourth-order valence-corrected chi connectivity index (χ4v) is 2.08. The van der Waals surface area contributed by atoms with Crippen molar-refractivity contribution in [1.82, 2.24) is 4.90 Å². The van der Waals surface area contributed by atoms with Gasteiger partial charge in [-0.2, -0.15) is 0 Å². The summed E-state index contributed by atoms with van der Waals surface area (Å²) in [6.07, 6.45) is 4.27. The van der Waals surface area contributed by atoms with Crippen LogP contribution in [-0.4, -0.2) is 30.1 Å². The molecule has 0 aromatic carbocycles. The second kappa shape index (κ2) is 2.76. The number of likely N-dealkylation sites (tertiary alicyclic amines) is 1. The molecule has 2 unspecified atom stereocenters. The van der Waals surface area contributed by atoms with E-state index in [-0.39, 0.29) is 0 Å². The Bertz CT molecular complexity index is 132. The van der Waals surface area contributed by atoms with E-state index in [1.807, 2.05) is 0 Å². The molecule has 1 saturated carbocycles. The summed E-state index contributed by atoms with van der Waals surface area (Å²) >= 11 is 0. The van der Waals surface area contributed by atoms with Crippen LogP contribution in [0, 0.1) is 5.92 Å². The van der Waals surface area contributed by atoms with Gasteiger partial charge in [0, 0.05) is 25.2 Å². The Morgan fingerprint density at radius 2 is 2.00 bits per heavy atom. The van der Waals surface area contributed by atoms with Crippen molar-refractivity contribution >= 4 is 0 Å². The predicted molar refractivity (Wildman–Crippen MR) is 46.4 cm³/mol. The Labute approximate surface area is 68.7 Å². The summed E-state index contributed by atoms with van der Waals surface area (Å²) < 4.78 is 0. The van der Waals surface area contributed by atoms with E-state index in [2.05, 4.69) is 11.8 Å². The molecule has 64 valence electrons. The van der Waals surface area contributed by atoms with Crippen LogP contribution in [0.3, 0.4) is 0 Å². The van der Waals surface area contributed by atoms with Crippen LogP contribution in [0.2, 0.25) is 0 Å². The van der Waals surface area contributed by atoms with Crippen molar-refractivity contribution in [3.63, 3.8) is 0 Å². The monoisotopic (exact) mass is 154 g/mol. The van der Waals surface area contributed by atoms with Gasteiger partial charge in [0.25, 0.3) is 0 Å². The lowest BCUT2D eigenvalue weighted by molar-refractivity contribution is 0.153. The highest BCUT2D eigenvalue weighted by molar-refractivity contribution is 4.90. The topological polar surface area (TPSA) is 29.3 Å². The molecule has 2 heteroatoms. The molecule has 0 bridgehead atoms. The Morgan fingerprint density at radius 3 is 2.36 bits per heavy atom. The summed E-state index contributed by atoms with van der Waals surface area (Å²) in [6.45, 7) is 4.65. The summed E-state index contributed by atoms with van der Waals surface area (Å²) in [5.41, 5.74) is 5.94. The van der Waals surface area contributed by atoms with Crippen molar-refractivity contribution in [3.8, 4) is 0 Å². The van der Waals surface area contributed by atoms with Crippen molar-refractivity contribution in [3.05, 3.63) is 0 Å². The molecule has 0 radical (unpaired) electrons. The first kappa shape index (κ1) is 7.56. The third-order valence-electron chi connectivity index (χ3n) is 3.29. The highest BCUT2D eigenvalue weighted by Crippen LogP contribution is 2.28. The lowest BCUT2D eigenvalue weighted by Crippen LogP contribution is -2.39. The van der Waals surface area contributed by atoms with Gasteiger partial charge in [-0.3, -0.25) is 4.90 Å². The molecular formula is C9H18N2. The number of rotatable bonds is 1. The minimum absolute atomic E-state index is 0.440. The highest BCUT2D eigenvalue weighted by atomic mass is 15.2. The van der Waals surface area contributed by atoms with Crippen LogP contribution in [-0.2, 0) is 0 Å². The van der Waals surface area contributed by atoms with Crippen LogP contribution in [0.15, 0.2) is 0 Å². The Balaban J connectivity index is 1.87. The molecule has 2 aliphatic rings. The van der Waals surface area contributed by atoms with Gasteiger partial charge in [-0.05, 0) is 18.8 Å². The molecule has 0 aromatic heterocycles. The lowest BCUT2D eigenvalue weighted by atomic mass is 9.92. The van der Waals surface area contributed by atoms with E-state index < -0.39 is 0 Å². The normalized spacial score (nSPS) is 40.9. The molecule has 1 aliphatic heterocycles. The van der Waals surface area contributed by atoms with Crippen LogP contribution < -0.4 is 5.73 Å². The third-order valence-corrected chi connectivity index (χ3v) is 3.29. The first-order chi connectivity index (χ1) is 5.27. The third kappa shape index (κ3) is 1.30. The van der Waals surface area contributed by atoms with E-state index in [4.69, 9.17) is 5.73 Å². The van der Waals surface area contributed by atoms with Crippen molar-refractivity contribution in [2.24, 2.45) is 11.7 Å². The van der Waals surface area contributed by atoms with Crippen LogP contribution in [0.4, 0.5) is 0 Å².